The Morgan fingerprint density at radius 3 is 2.92 bits per heavy atom. The molecule has 136 valence electrons. The predicted molar refractivity (Wildman–Crippen MR) is 93.3 cm³/mol. The van der Waals surface area contributed by atoms with Crippen LogP contribution in [0.15, 0.2) is 18.2 Å². The normalized spacial score (nSPS) is 26.4. The highest BCUT2D eigenvalue weighted by Crippen LogP contribution is 2.33. The highest BCUT2D eigenvalue weighted by Gasteiger charge is 2.31. The molecule has 4 atom stereocenters. The predicted octanol–water partition coefficient (Wildman–Crippen LogP) is 1.48. The lowest BCUT2D eigenvalue weighted by Crippen LogP contribution is -2.37. The van der Waals surface area contributed by atoms with Crippen molar-refractivity contribution in [1.82, 2.24) is 5.32 Å². The Kier molecular flexibility index (Phi) is 5.24. The summed E-state index contributed by atoms with van der Waals surface area (Å²) in [5.74, 6) is 0.379. The van der Waals surface area contributed by atoms with Crippen molar-refractivity contribution in [1.29, 1.82) is 0 Å². The Morgan fingerprint density at radius 2 is 2.24 bits per heavy atom. The molecule has 3 rings (SSSR count). The maximum Gasteiger partial charge on any atom is 0.265 e. The van der Waals surface area contributed by atoms with E-state index in [2.05, 4.69) is 10.6 Å². The first kappa shape index (κ1) is 17.7. The van der Waals surface area contributed by atoms with E-state index in [-0.39, 0.29) is 24.0 Å². The maximum absolute atomic E-state index is 12.4. The topological polar surface area (TPSA) is 103 Å². The van der Waals surface area contributed by atoms with Crippen LogP contribution in [0.25, 0.3) is 0 Å². The fourth-order valence-corrected chi connectivity index (χ4v) is 3.16. The average molecular weight is 347 g/mol. The molecule has 4 N–H and O–H groups in total. The standard InChI is InChI=1S/C18H25N3O4/c1-3-14-17(22)21-13-6-4-11(8-16(13)25-14)10(2)20-18(23)15-7-5-12(9-19)24-15/h4,6,8,10,12,14-15H,3,5,7,9,19H2,1-2H3,(H,20,23)(H,21,22)/t10?,12-,14?,15+/m1/s1. The van der Waals surface area contributed by atoms with Gasteiger partial charge in [-0.25, -0.2) is 0 Å². The van der Waals surface area contributed by atoms with Gasteiger partial charge in [0, 0.05) is 6.54 Å². The highest BCUT2D eigenvalue weighted by atomic mass is 16.5. The molecule has 1 aromatic rings. The second-order valence-electron chi connectivity index (χ2n) is 6.55. The minimum atomic E-state index is -0.479. The molecule has 7 nitrogen and oxygen atoms in total. The number of carbonyl (C=O) groups is 2. The number of benzene rings is 1. The van der Waals surface area contributed by atoms with Gasteiger partial charge in [-0.05, 0) is 43.9 Å². The fraction of sp³-hybridized carbons (Fsp3) is 0.556. The third kappa shape index (κ3) is 3.77. The Bertz CT molecular complexity index is 664. The smallest absolute Gasteiger partial charge is 0.265 e. The first-order valence-corrected chi connectivity index (χ1v) is 8.79. The average Bonchev–Trinajstić information content (AvgIpc) is 3.10. The lowest BCUT2D eigenvalue weighted by molar-refractivity contribution is -0.132. The molecule has 2 unspecified atom stereocenters. The van der Waals surface area contributed by atoms with E-state index in [9.17, 15) is 9.59 Å². The van der Waals surface area contributed by atoms with Crippen molar-refractivity contribution < 1.29 is 19.1 Å². The minimum Gasteiger partial charge on any atom is -0.478 e. The van der Waals surface area contributed by atoms with Crippen LogP contribution in [0.1, 0.15) is 44.7 Å². The van der Waals surface area contributed by atoms with E-state index in [1.165, 1.54) is 0 Å². The molecule has 0 aromatic heterocycles. The lowest BCUT2D eigenvalue weighted by Gasteiger charge is -2.26. The Labute approximate surface area is 147 Å². The van der Waals surface area contributed by atoms with Crippen molar-refractivity contribution in [2.45, 2.75) is 57.5 Å². The van der Waals surface area contributed by atoms with Crippen LogP contribution in [0.5, 0.6) is 5.75 Å². The number of hydrogen-bond donors (Lipinski definition) is 3. The second kappa shape index (κ2) is 7.41. The summed E-state index contributed by atoms with van der Waals surface area (Å²) >= 11 is 0. The summed E-state index contributed by atoms with van der Waals surface area (Å²) in [5.41, 5.74) is 7.15. The molecule has 2 amide bonds. The number of amides is 2. The summed E-state index contributed by atoms with van der Waals surface area (Å²) in [6, 6.07) is 5.34. The zero-order valence-corrected chi connectivity index (χ0v) is 14.6. The molecular weight excluding hydrogens is 322 g/mol. The van der Waals surface area contributed by atoms with Gasteiger partial charge < -0.3 is 25.8 Å². The molecule has 0 saturated carbocycles. The van der Waals surface area contributed by atoms with Crippen LogP contribution in [-0.4, -0.2) is 36.7 Å². The third-order valence-electron chi connectivity index (χ3n) is 4.72. The molecule has 2 aliphatic rings. The summed E-state index contributed by atoms with van der Waals surface area (Å²) in [4.78, 5) is 24.2. The van der Waals surface area contributed by atoms with Gasteiger partial charge in [0.05, 0.1) is 17.8 Å². The fourth-order valence-electron chi connectivity index (χ4n) is 3.16. The molecular formula is C18H25N3O4. The van der Waals surface area contributed by atoms with Gasteiger partial charge in [-0.1, -0.05) is 13.0 Å². The quantitative estimate of drug-likeness (QED) is 0.749. The summed E-state index contributed by atoms with van der Waals surface area (Å²) in [6.45, 7) is 4.25. The van der Waals surface area contributed by atoms with Crippen LogP contribution in [0, 0.1) is 0 Å². The summed E-state index contributed by atoms with van der Waals surface area (Å²) < 4.78 is 11.4. The van der Waals surface area contributed by atoms with Crippen LogP contribution in [0.3, 0.4) is 0 Å². The van der Waals surface area contributed by atoms with E-state index in [4.69, 9.17) is 15.2 Å². The Balaban J connectivity index is 1.66. The molecule has 0 bridgehead atoms. The van der Waals surface area contributed by atoms with E-state index in [0.717, 1.165) is 12.0 Å². The monoisotopic (exact) mass is 347 g/mol. The number of carbonyl (C=O) groups excluding carboxylic acids is 2. The van der Waals surface area contributed by atoms with E-state index in [0.29, 0.717) is 30.8 Å². The van der Waals surface area contributed by atoms with E-state index in [1.54, 1.807) is 6.07 Å². The van der Waals surface area contributed by atoms with Crippen LogP contribution in [0.2, 0.25) is 0 Å². The van der Waals surface area contributed by atoms with Crippen LogP contribution < -0.4 is 21.1 Å². The summed E-state index contributed by atoms with van der Waals surface area (Å²) in [5, 5.41) is 5.82. The molecule has 2 aliphatic heterocycles. The largest absolute Gasteiger partial charge is 0.478 e. The molecule has 0 spiro atoms. The van der Waals surface area contributed by atoms with Crippen molar-refractivity contribution in [3.05, 3.63) is 23.8 Å². The zero-order valence-electron chi connectivity index (χ0n) is 14.6. The van der Waals surface area contributed by atoms with Crippen LogP contribution in [-0.2, 0) is 14.3 Å². The SMILES string of the molecule is CCC1Oc2cc(C(C)NC(=O)[C@@H]3CC[C@H](CN)O3)ccc2NC1=O. The Hall–Kier alpha value is -2.12. The first-order valence-electron chi connectivity index (χ1n) is 8.79. The molecule has 1 aromatic carbocycles. The minimum absolute atomic E-state index is 0.0298. The van der Waals surface area contributed by atoms with Gasteiger partial charge in [0.1, 0.15) is 11.9 Å². The second-order valence-corrected chi connectivity index (χ2v) is 6.55. The van der Waals surface area contributed by atoms with Gasteiger partial charge in [0.25, 0.3) is 5.91 Å². The van der Waals surface area contributed by atoms with Gasteiger partial charge in [-0.3, -0.25) is 9.59 Å². The maximum atomic E-state index is 12.4. The number of ether oxygens (including phenoxy) is 2. The number of anilines is 1. The molecule has 1 fully saturated rings. The van der Waals surface area contributed by atoms with Gasteiger partial charge in [-0.2, -0.15) is 0 Å². The number of nitrogens with two attached hydrogens (primary N) is 1. The van der Waals surface area contributed by atoms with Crippen molar-refractivity contribution in [2.75, 3.05) is 11.9 Å². The van der Waals surface area contributed by atoms with E-state index < -0.39 is 12.2 Å². The van der Waals surface area contributed by atoms with Crippen molar-refractivity contribution in [3.63, 3.8) is 0 Å². The number of hydrogen-bond acceptors (Lipinski definition) is 5. The number of rotatable bonds is 5. The molecule has 0 aliphatic carbocycles. The summed E-state index contributed by atoms with van der Waals surface area (Å²) in [7, 11) is 0. The van der Waals surface area contributed by atoms with Crippen LogP contribution >= 0.6 is 0 Å². The summed E-state index contributed by atoms with van der Waals surface area (Å²) in [6.07, 6.45) is 1.16. The van der Waals surface area contributed by atoms with Crippen LogP contribution in [0.4, 0.5) is 5.69 Å². The molecule has 2 heterocycles. The highest BCUT2D eigenvalue weighted by molar-refractivity contribution is 5.97. The lowest BCUT2D eigenvalue weighted by atomic mass is 10.1. The van der Waals surface area contributed by atoms with Gasteiger partial charge in [-0.15, -0.1) is 0 Å². The molecule has 0 radical (unpaired) electrons. The van der Waals surface area contributed by atoms with Crippen molar-refractivity contribution in [3.8, 4) is 5.75 Å². The van der Waals surface area contributed by atoms with Crippen molar-refractivity contribution in [2.24, 2.45) is 5.73 Å². The third-order valence-corrected chi connectivity index (χ3v) is 4.72. The van der Waals surface area contributed by atoms with Crippen molar-refractivity contribution >= 4 is 17.5 Å². The first-order chi connectivity index (χ1) is 12.0. The van der Waals surface area contributed by atoms with Gasteiger partial charge in [0.15, 0.2) is 6.10 Å². The van der Waals surface area contributed by atoms with Gasteiger partial charge >= 0.3 is 0 Å². The Morgan fingerprint density at radius 1 is 1.44 bits per heavy atom. The van der Waals surface area contributed by atoms with Gasteiger partial charge in [0.2, 0.25) is 5.91 Å². The van der Waals surface area contributed by atoms with E-state index in [1.807, 2.05) is 26.0 Å². The van der Waals surface area contributed by atoms with E-state index >= 15 is 0 Å². The molecule has 25 heavy (non-hydrogen) atoms. The molecule has 7 heteroatoms. The number of nitrogens with one attached hydrogen (secondary N) is 2. The number of fused-ring (bicyclic) bond motifs is 1. The molecule has 1 saturated heterocycles. The zero-order chi connectivity index (χ0) is 18.0.